The van der Waals surface area contributed by atoms with Gasteiger partial charge in [-0.15, -0.1) is 0 Å². The molecule has 1 aliphatic rings. The number of carbonyl (C=O) groups is 1. The van der Waals surface area contributed by atoms with Crippen LogP contribution in [0.4, 0.5) is 0 Å². The van der Waals surface area contributed by atoms with Gasteiger partial charge in [0.25, 0.3) is 5.91 Å². The Morgan fingerprint density at radius 3 is 2.87 bits per heavy atom. The maximum atomic E-state index is 12.3. The minimum absolute atomic E-state index is 0.235. The van der Waals surface area contributed by atoms with Crippen LogP contribution in [0.1, 0.15) is 16.1 Å². The highest BCUT2D eigenvalue weighted by molar-refractivity contribution is 9.10. The Labute approximate surface area is 140 Å². The van der Waals surface area contributed by atoms with Crippen LogP contribution in [0.5, 0.6) is 11.5 Å². The molecule has 0 aliphatic carbocycles. The summed E-state index contributed by atoms with van der Waals surface area (Å²) in [6.07, 6.45) is 0. The van der Waals surface area contributed by atoms with E-state index in [9.17, 15) is 4.79 Å². The van der Waals surface area contributed by atoms with E-state index in [4.69, 9.17) is 13.9 Å². The quantitative estimate of drug-likeness (QED) is 0.757. The van der Waals surface area contributed by atoms with Crippen molar-refractivity contribution in [1.82, 2.24) is 5.32 Å². The number of amides is 1. The molecule has 0 fully saturated rings. The maximum absolute atomic E-state index is 12.3. The van der Waals surface area contributed by atoms with E-state index in [0.717, 1.165) is 21.2 Å². The average Bonchev–Trinajstić information content (AvgIpc) is 3.19. The highest BCUT2D eigenvalue weighted by Crippen LogP contribution is 2.32. The molecule has 1 aromatic heterocycles. The van der Waals surface area contributed by atoms with Gasteiger partial charge in [0, 0.05) is 11.9 Å². The number of fused-ring (bicyclic) bond motifs is 2. The van der Waals surface area contributed by atoms with Crippen molar-refractivity contribution >= 4 is 32.8 Å². The van der Waals surface area contributed by atoms with Gasteiger partial charge >= 0.3 is 0 Å². The molecule has 1 aliphatic heterocycles. The topological polar surface area (TPSA) is 60.7 Å². The molecule has 5 nitrogen and oxygen atoms in total. The van der Waals surface area contributed by atoms with Crippen LogP contribution in [0, 0.1) is 0 Å². The number of nitrogens with one attached hydrogen (secondary N) is 1. The molecule has 3 aromatic rings. The zero-order valence-electron chi connectivity index (χ0n) is 12.0. The molecular weight excluding hydrogens is 362 g/mol. The summed E-state index contributed by atoms with van der Waals surface area (Å²) in [6.45, 7) is 0.618. The lowest BCUT2D eigenvalue weighted by Gasteiger charge is -2.04. The Hall–Kier alpha value is -2.47. The summed E-state index contributed by atoms with van der Waals surface area (Å²) in [5.41, 5.74) is 1.60. The second-order valence-electron chi connectivity index (χ2n) is 5.14. The fourth-order valence-corrected chi connectivity index (χ4v) is 2.92. The molecule has 0 spiro atoms. The van der Waals surface area contributed by atoms with E-state index in [-0.39, 0.29) is 18.5 Å². The molecule has 0 saturated heterocycles. The smallest absolute Gasteiger partial charge is 0.287 e. The molecule has 0 bridgehead atoms. The molecule has 0 atom stereocenters. The molecule has 23 heavy (non-hydrogen) atoms. The van der Waals surface area contributed by atoms with Crippen molar-refractivity contribution in [1.29, 1.82) is 0 Å². The number of para-hydroxylation sites is 1. The van der Waals surface area contributed by atoms with E-state index in [1.54, 1.807) is 6.07 Å². The van der Waals surface area contributed by atoms with Crippen molar-refractivity contribution in [2.45, 2.75) is 6.54 Å². The third-order valence-electron chi connectivity index (χ3n) is 3.61. The van der Waals surface area contributed by atoms with Gasteiger partial charge in [0.15, 0.2) is 17.3 Å². The number of furan rings is 1. The second-order valence-corrected chi connectivity index (χ2v) is 5.99. The van der Waals surface area contributed by atoms with Crippen LogP contribution in [-0.2, 0) is 6.54 Å². The fraction of sp³-hybridized carbons (Fsp3) is 0.118. The summed E-state index contributed by atoms with van der Waals surface area (Å²) in [4.78, 5) is 12.3. The van der Waals surface area contributed by atoms with Crippen LogP contribution >= 0.6 is 15.9 Å². The van der Waals surface area contributed by atoms with E-state index >= 15 is 0 Å². The molecule has 0 unspecified atom stereocenters. The van der Waals surface area contributed by atoms with Crippen molar-refractivity contribution in [3.63, 3.8) is 0 Å². The Morgan fingerprint density at radius 1 is 1.13 bits per heavy atom. The van der Waals surface area contributed by atoms with Gasteiger partial charge in [0.05, 0.1) is 4.47 Å². The normalized spacial score (nSPS) is 12.6. The largest absolute Gasteiger partial charge is 0.454 e. The molecule has 0 radical (unpaired) electrons. The first kappa shape index (κ1) is 14.1. The molecule has 1 amide bonds. The summed E-state index contributed by atoms with van der Waals surface area (Å²) in [7, 11) is 0. The highest BCUT2D eigenvalue weighted by Gasteiger charge is 2.15. The van der Waals surface area contributed by atoms with E-state index < -0.39 is 0 Å². The highest BCUT2D eigenvalue weighted by atomic mass is 79.9. The number of carbonyl (C=O) groups excluding carboxylic acids is 1. The minimum atomic E-state index is -0.259. The van der Waals surface area contributed by atoms with Crippen LogP contribution in [0.3, 0.4) is 0 Å². The number of ether oxygens (including phenoxy) is 2. The zero-order chi connectivity index (χ0) is 15.8. The maximum Gasteiger partial charge on any atom is 0.287 e. The minimum Gasteiger partial charge on any atom is -0.454 e. The lowest BCUT2D eigenvalue weighted by Crippen LogP contribution is -2.22. The van der Waals surface area contributed by atoms with Crippen molar-refractivity contribution in [3.8, 4) is 11.5 Å². The summed E-state index contributed by atoms with van der Waals surface area (Å²) >= 11 is 3.41. The van der Waals surface area contributed by atoms with E-state index in [1.807, 2.05) is 36.4 Å². The number of benzene rings is 2. The predicted molar refractivity (Wildman–Crippen MR) is 87.6 cm³/mol. The van der Waals surface area contributed by atoms with Crippen molar-refractivity contribution in [2.75, 3.05) is 6.79 Å². The van der Waals surface area contributed by atoms with Crippen molar-refractivity contribution in [3.05, 3.63) is 58.3 Å². The van der Waals surface area contributed by atoms with Gasteiger partial charge in [-0.25, -0.2) is 0 Å². The fourth-order valence-electron chi connectivity index (χ4n) is 2.46. The number of rotatable bonds is 3. The lowest BCUT2D eigenvalue weighted by atomic mass is 10.2. The van der Waals surface area contributed by atoms with E-state index in [1.165, 1.54) is 0 Å². The Morgan fingerprint density at radius 2 is 2.00 bits per heavy atom. The Bertz CT molecular complexity index is 903. The van der Waals surface area contributed by atoms with Crippen LogP contribution in [0.15, 0.2) is 51.4 Å². The van der Waals surface area contributed by atoms with Gasteiger partial charge in [0.2, 0.25) is 6.79 Å². The monoisotopic (exact) mass is 373 g/mol. The van der Waals surface area contributed by atoms with Gasteiger partial charge in [-0.3, -0.25) is 4.79 Å². The molecule has 2 heterocycles. The van der Waals surface area contributed by atoms with Crippen molar-refractivity contribution in [2.24, 2.45) is 0 Å². The predicted octanol–water partition coefficient (Wildman–Crippen LogP) is 3.85. The second kappa shape index (κ2) is 5.62. The van der Waals surface area contributed by atoms with Gasteiger partial charge in [-0.05, 0) is 45.8 Å². The van der Waals surface area contributed by atoms with Gasteiger partial charge in [0.1, 0.15) is 5.58 Å². The SMILES string of the molecule is O=C(NCc1ccc2c(c1)OCO2)c1cc2cccc(Br)c2o1. The van der Waals surface area contributed by atoms with Gasteiger partial charge in [-0.1, -0.05) is 18.2 Å². The van der Waals surface area contributed by atoms with Crippen LogP contribution in [0.2, 0.25) is 0 Å². The Balaban J connectivity index is 1.50. The van der Waals surface area contributed by atoms with E-state index in [2.05, 4.69) is 21.2 Å². The van der Waals surface area contributed by atoms with Gasteiger partial charge in [-0.2, -0.15) is 0 Å². The van der Waals surface area contributed by atoms with Gasteiger partial charge < -0.3 is 19.2 Å². The van der Waals surface area contributed by atoms with Crippen molar-refractivity contribution < 1.29 is 18.7 Å². The van der Waals surface area contributed by atoms with Crippen LogP contribution in [-0.4, -0.2) is 12.7 Å². The number of hydrogen-bond donors (Lipinski definition) is 1. The lowest BCUT2D eigenvalue weighted by molar-refractivity contribution is 0.0925. The summed E-state index contributed by atoms with van der Waals surface area (Å²) in [5.74, 6) is 1.45. The average molecular weight is 374 g/mol. The first-order valence-electron chi connectivity index (χ1n) is 7.05. The Kier molecular flexibility index (Phi) is 3.46. The number of hydrogen-bond acceptors (Lipinski definition) is 4. The molecule has 1 N–H and O–H groups in total. The summed E-state index contributed by atoms with van der Waals surface area (Å²) in [5, 5.41) is 3.72. The summed E-state index contributed by atoms with van der Waals surface area (Å²) in [6, 6.07) is 13.0. The third-order valence-corrected chi connectivity index (χ3v) is 4.23. The molecule has 4 rings (SSSR count). The zero-order valence-corrected chi connectivity index (χ0v) is 13.6. The molecule has 116 valence electrons. The standard InChI is InChI=1S/C17H12BrNO4/c18-12-3-1-2-11-7-15(23-16(11)12)17(20)19-8-10-4-5-13-14(6-10)22-9-21-13/h1-7H,8-9H2,(H,19,20). The molecule has 2 aromatic carbocycles. The molecular formula is C17H12BrNO4. The van der Waals surface area contributed by atoms with Crippen LogP contribution in [0.25, 0.3) is 11.0 Å². The first-order chi connectivity index (χ1) is 11.2. The summed E-state index contributed by atoms with van der Waals surface area (Å²) < 4.78 is 17.0. The van der Waals surface area contributed by atoms with Crippen LogP contribution < -0.4 is 14.8 Å². The number of halogens is 1. The van der Waals surface area contributed by atoms with E-state index in [0.29, 0.717) is 17.9 Å². The molecule has 6 heteroatoms. The molecule has 0 saturated carbocycles. The third kappa shape index (κ3) is 2.66. The first-order valence-corrected chi connectivity index (χ1v) is 7.85.